The monoisotopic (exact) mass is 1800 g/mol. The fourth-order valence-corrected chi connectivity index (χ4v) is 13.2. The number of rotatable bonds is 8. The van der Waals surface area contributed by atoms with Crippen LogP contribution < -0.4 is 38.3 Å². The second kappa shape index (κ2) is 39.9. The van der Waals surface area contributed by atoms with Crippen molar-refractivity contribution >= 4 is 168 Å². The summed E-state index contributed by atoms with van der Waals surface area (Å²) in [5, 5.41) is 5.16. The van der Waals surface area contributed by atoms with E-state index >= 15 is 0 Å². The number of nitrogens with one attached hydrogen (secondary N) is 3. The summed E-state index contributed by atoms with van der Waals surface area (Å²) in [5.41, 5.74) is 23.6. The van der Waals surface area contributed by atoms with Crippen LogP contribution >= 0.6 is 95.6 Å². The molecule has 1 aliphatic carbocycles. The highest BCUT2D eigenvalue weighted by Gasteiger charge is 2.49. The number of aromatic nitrogens is 4. The topological polar surface area (TPSA) is 363 Å². The quantitative estimate of drug-likeness (QED) is 0.0373. The van der Waals surface area contributed by atoms with Crippen molar-refractivity contribution in [1.29, 1.82) is 0 Å². The van der Waals surface area contributed by atoms with Crippen molar-refractivity contribution in [2.24, 2.45) is 32.5 Å². The Bertz CT molecular complexity index is 3450. The summed E-state index contributed by atoms with van der Waals surface area (Å²) in [6.45, 7) is 7.09. The van der Waals surface area contributed by atoms with Gasteiger partial charge in [-0.05, 0) is 89.5 Å². The SMILES string of the molecule is C.Cc1ccc(S(=O)(=O)N=C2CCC(Br)CC2CC(N)=O)cc1.Cc1ccc(S(=O)(=O)NC2=NCC(Br)CC2)cc1.NC(=O)CBr.NC1CCC(Br)CN1.Nc1cn2c(n1)CCC(Br)C2.O=C(Nc1cn2c(n1)CCC(Br)C2)C(F)(F)F.O=C(OC(=O)C(F)(F)F)C(F)(F)F.[2HH].[2HH].[2HH].[2HH].[2HH]. The summed E-state index contributed by atoms with van der Waals surface area (Å²) in [4.78, 5) is 65.7. The number of carbonyl (C=O) groups excluding carboxylic acids is 5. The standard InChI is InChI=1S/C15H19BrN2O3S.C12H15BrN2O2S.C9H9BrF3N3O.C7H10BrN3.C5H11BrN2.C4F6O3.C2H4BrNO.CH4.5H2/c1-10-2-5-13(6-3-10)22(20,21)18-14-7-4-12(16)8-11(14)9-15(17)19;1-9-2-5-11(6-3-9)18(16,17)15-12-7-4-10(13)8-14-12;10-5-1-2-7-14-6(4-16(7)3-5)15-8(17)9(11,12)13;8-5-1-2-7-10-6(9)4-11(7)3-5;6-4-1-2-5(7)8-3-4;5-3(6,7)1(11)13-2(12)4(8,9)10;3-1-2(4)5;;;;;;/h2-3,5-6,11-12H,4,7-9H2,1H3,(H2,17,19);2-3,5-6,10H,4,7-8H2,1H3,(H,14,15);4-5H,1-3H2,(H,15,17);4-5H,1-3,9H2;4-5,8H,1-3,7H2;;1H2,(H2,4,5);1H4;5*1H/i;;;;;;;;5*1+1. The molecule has 2 aromatic carbocycles. The Labute approximate surface area is 601 Å². The zero-order valence-corrected chi connectivity index (χ0v) is 61.0. The fraction of sp³-hybridized carbons (Fsp3) is 0.545. The predicted molar refractivity (Wildman–Crippen MR) is 372 cm³/mol. The Hall–Kier alpha value is -4.58. The number of aryl methyl sites for hydroxylation is 4. The maximum Gasteiger partial charge on any atom is 0.491 e. The maximum atomic E-state index is 12.4. The van der Waals surface area contributed by atoms with Gasteiger partial charge >= 0.3 is 36.4 Å². The Morgan fingerprint density at radius 1 is 0.674 bits per heavy atom. The van der Waals surface area contributed by atoms with Crippen LogP contribution in [-0.4, -0.2) is 144 Å². The third-order valence-electron chi connectivity index (χ3n) is 13.0. The van der Waals surface area contributed by atoms with Gasteiger partial charge in [0.05, 0.1) is 27.8 Å². The van der Waals surface area contributed by atoms with Crippen LogP contribution in [0.15, 0.2) is 80.1 Å². The van der Waals surface area contributed by atoms with Crippen molar-refractivity contribution in [1.82, 2.24) is 29.1 Å². The molecule has 2 fully saturated rings. The molecule has 1 saturated carbocycles. The van der Waals surface area contributed by atoms with Crippen LogP contribution in [0, 0.1) is 19.8 Å². The molecule has 4 aromatic rings. The Balaban J connectivity index is -0.000000550. The molecule has 3 amide bonds. The molecule has 95 heavy (non-hydrogen) atoms. The number of hydrogen-bond donors (Lipinski definition) is 7. The number of piperidine rings is 1. The molecule has 0 spiro atoms. The average Bonchev–Trinajstić information content (AvgIpc) is 1.25. The van der Waals surface area contributed by atoms with Crippen molar-refractivity contribution in [2.75, 3.05) is 29.5 Å². The molecule has 1 saturated heterocycles. The molecule has 7 atom stereocenters. The van der Waals surface area contributed by atoms with E-state index in [-0.39, 0.29) is 69.6 Å². The van der Waals surface area contributed by atoms with E-state index in [1.54, 1.807) is 58.4 Å². The molecule has 5 aliphatic rings. The van der Waals surface area contributed by atoms with Crippen LogP contribution in [0.5, 0.6) is 0 Å². The first-order valence-corrected chi connectivity index (χ1v) is 36.6. The molecule has 4 aliphatic heterocycles. The van der Waals surface area contributed by atoms with E-state index in [0.717, 1.165) is 68.6 Å². The lowest BCUT2D eigenvalue weighted by Gasteiger charge is -2.26. The Morgan fingerprint density at radius 3 is 1.60 bits per heavy atom. The van der Waals surface area contributed by atoms with E-state index in [0.29, 0.717) is 76.4 Å². The minimum Gasteiger partial charge on any atom is -0.382 e. The minimum absolute atomic E-state index is 0. The van der Waals surface area contributed by atoms with Crippen LogP contribution in [0.4, 0.5) is 51.1 Å². The number of amidine groups is 1. The summed E-state index contributed by atoms with van der Waals surface area (Å²) < 4.78 is 165. The number of halogens is 15. The number of alkyl halides is 15. The number of sulfonamides is 2. The van der Waals surface area contributed by atoms with E-state index in [2.05, 4.69) is 140 Å². The number of benzene rings is 2. The van der Waals surface area contributed by atoms with Gasteiger partial charge in [-0.1, -0.05) is 138 Å². The van der Waals surface area contributed by atoms with Gasteiger partial charge in [-0.25, -0.2) is 28.0 Å². The highest BCUT2D eigenvalue weighted by Crippen LogP contribution is 2.32. The number of esters is 2. The molecule has 40 heteroatoms. The smallest absolute Gasteiger partial charge is 0.382 e. The summed E-state index contributed by atoms with van der Waals surface area (Å²) in [7, 11) is -7.23. The van der Waals surface area contributed by atoms with E-state index in [9.17, 15) is 80.3 Å². The summed E-state index contributed by atoms with van der Waals surface area (Å²) in [6.07, 6.45) is -2.81. The van der Waals surface area contributed by atoms with Gasteiger partial charge in [-0.15, -0.1) is 0 Å². The summed E-state index contributed by atoms with van der Waals surface area (Å²) >= 11 is 20.3. The van der Waals surface area contributed by atoms with Crippen molar-refractivity contribution in [3.05, 3.63) is 83.7 Å². The van der Waals surface area contributed by atoms with Crippen molar-refractivity contribution in [3.8, 4) is 0 Å². The van der Waals surface area contributed by atoms with Crippen molar-refractivity contribution in [3.63, 3.8) is 0 Å². The maximum absolute atomic E-state index is 12.4. The second-order valence-electron chi connectivity index (χ2n) is 21.1. The van der Waals surface area contributed by atoms with E-state index in [1.165, 1.54) is 12.6 Å². The number of carbonyl (C=O) groups is 5. The normalized spacial score (nSPS) is 21.2. The molecule has 544 valence electrons. The lowest BCUT2D eigenvalue weighted by atomic mass is 9.85. The van der Waals surface area contributed by atoms with Crippen LogP contribution in [0.1, 0.15) is 102 Å². The number of nitrogens with zero attached hydrogens (tertiary/aromatic N) is 6. The molecule has 11 N–H and O–H groups in total. The van der Waals surface area contributed by atoms with Gasteiger partial charge in [-0.2, -0.15) is 52.3 Å². The van der Waals surface area contributed by atoms with Gasteiger partial charge in [0, 0.05) is 101 Å². The zero-order chi connectivity index (χ0) is 71.1. The highest BCUT2D eigenvalue weighted by molar-refractivity contribution is 9.10. The number of nitrogens with two attached hydrogens (primary N) is 4. The molecule has 0 radical (unpaired) electrons. The van der Waals surface area contributed by atoms with Gasteiger partial charge in [-0.3, -0.25) is 24.1 Å². The van der Waals surface area contributed by atoms with Crippen molar-refractivity contribution < 1.29 is 92.2 Å². The number of hydrogen-bond acceptors (Lipinski definition) is 16. The molecule has 7 unspecified atom stereocenters. The number of fused-ring (bicyclic) bond motifs is 2. The number of aliphatic imine (C=N–C) groups is 1. The predicted octanol–water partition coefficient (Wildman–Crippen LogP) is 11.4. The number of nitrogen functional groups attached to an aromatic ring is 1. The third kappa shape index (κ3) is 32.8. The van der Waals surface area contributed by atoms with Gasteiger partial charge in [0.1, 0.15) is 23.3 Å². The molecule has 2 aromatic heterocycles. The Morgan fingerprint density at radius 2 is 1.16 bits per heavy atom. The van der Waals surface area contributed by atoms with Crippen molar-refractivity contribution in [2.45, 2.75) is 170 Å². The first-order valence-electron chi connectivity index (χ1n) is 28.0. The number of primary amides is 2. The van der Waals surface area contributed by atoms with Crippen LogP contribution in [0.2, 0.25) is 0 Å². The zero-order valence-electron chi connectivity index (χ0n) is 49.9. The summed E-state index contributed by atoms with van der Waals surface area (Å²) in [5.74, 6) is -6.42. The third-order valence-corrected chi connectivity index (χ3v) is 20.2. The van der Waals surface area contributed by atoms with E-state index < -0.39 is 62.3 Å². The molecule has 0 bridgehead atoms. The highest BCUT2D eigenvalue weighted by atomic mass is 79.9. The largest absolute Gasteiger partial charge is 0.491 e. The lowest BCUT2D eigenvalue weighted by molar-refractivity contribution is -0.221. The van der Waals surface area contributed by atoms with Crippen LogP contribution in [0.3, 0.4) is 0 Å². The first-order chi connectivity index (χ1) is 43.5. The first kappa shape index (κ1) is 86.5. The van der Waals surface area contributed by atoms with Gasteiger partial charge in [0.15, 0.2) is 5.82 Å². The molecular weight excluding hydrogens is 1720 g/mol. The Kier molecular flexibility index (Phi) is 36.3. The van der Waals surface area contributed by atoms with Gasteiger partial charge < -0.3 is 47.4 Å². The molecule has 9 rings (SSSR count). The minimum atomic E-state index is -5.62. The van der Waals surface area contributed by atoms with E-state index in [4.69, 9.17) is 17.2 Å². The number of amides is 3. The number of ether oxygens (including phenoxy) is 1. The number of anilines is 2. The molecular formula is C55H82Br6F9N13O10S2. The van der Waals surface area contributed by atoms with Gasteiger partial charge in [0.2, 0.25) is 11.8 Å². The molecule has 23 nitrogen and oxygen atoms in total. The second-order valence-corrected chi connectivity index (χ2v) is 31.4. The number of imidazole rings is 2. The van der Waals surface area contributed by atoms with Crippen LogP contribution in [-0.2, 0) is 74.7 Å². The van der Waals surface area contributed by atoms with E-state index in [1.807, 2.05) is 20.0 Å². The summed E-state index contributed by atoms with van der Waals surface area (Å²) in [6, 6.07) is 13.4. The lowest BCUT2D eigenvalue weighted by Crippen LogP contribution is -2.44. The van der Waals surface area contributed by atoms with Gasteiger partial charge in [0.25, 0.3) is 20.0 Å². The fourth-order valence-electron chi connectivity index (χ4n) is 8.36. The average molecular weight is 1800 g/mol. The van der Waals surface area contributed by atoms with Crippen LogP contribution in [0.25, 0.3) is 0 Å². The molecule has 6 heterocycles.